The first-order chi connectivity index (χ1) is 7.12. The van der Waals surface area contributed by atoms with E-state index in [2.05, 4.69) is 13.8 Å². The van der Waals surface area contributed by atoms with Gasteiger partial charge < -0.3 is 15.4 Å². The third-order valence-corrected chi connectivity index (χ3v) is 2.96. The SMILES string of the molecule is CC(C)(C)OC(=O)N1CC[C@@H](N)C(C)(C)C1.Cl. The Morgan fingerprint density at radius 1 is 1.41 bits per heavy atom. The Morgan fingerprint density at radius 2 is 1.94 bits per heavy atom. The van der Waals surface area contributed by atoms with Gasteiger partial charge in [-0.05, 0) is 32.6 Å². The number of likely N-dealkylation sites (tertiary alicyclic amines) is 1. The summed E-state index contributed by atoms with van der Waals surface area (Å²) in [6.45, 7) is 11.2. The summed E-state index contributed by atoms with van der Waals surface area (Å²) >= 11 is 0. The summed E-state index contributed by atoms with van der Waals surface area (Å²) in [6, 6.07) is 0.159. The van der Waals surface area contributed by atoms with Gasteiger partial charge in [0.1, 0.15) is 5.60 Å². The largest absolute Gasteiger partial charge is 0.444 e. The first-order valence-electron chi connectivity index (χ1n) is 5.85. The van der Waals surface area contributed by atoms with Crippen molar-refractivity contribution >= 4 is 18.5 Å². The Balaban J connectivity index is 0.00000256. The number of hydrogen-bond donors (Lipinski definition) is 1. The molecule has 5 heteroatoms. The van der Waals surface area contributed by atoms with Gasteiger partial charge >= 0.3 is 6.09 Å². The number of piperidine rings is 1. The molecule has 0 unspecified atom stereocenters. The maximum absolute atomic E-state index is 11.9. The Morgan fingerprint density at radius 3 is 2.35 bits per heavy atom. The van der Waals surface area contributed by atoms with Crippen LogP contribution in [0.4, 0.5) is 4.79 Å². The van der Waals surface area contributed by atoms with Gasteiger partial charge in [-0.2, -0.15) is 0 Å². The highest BCUT2D eigenvalue weighted by Crippen LogP contribution is 2.28. The maximum Gasteiger partial charge on any atom is 0.410 e. The van der Waals surface area contributed by atoms with Gasteiger partial charge in [-0.3, -0.25) is 0 Å². The lowest BCUT2D eigenvalue weighted by Crippen LogP contribution is -2.54. The van der Waals surface area contributed by atoms with E-state index < -0.39 is 5.60 Å². The molecular formula is C12H25ClN2O2. The molecule has 1 heterocycles. The van der Waals surface area contributed by atoms with Crippen LogP contribution in [0.5, 0.6) is 0 Å². The predicted octanol–water partition coefficient (Wildman–Crippen LogP) is 2.40. The quantitative estimate of drug-likeness (QED) is 0.731. The minimum Gasteiger partial charge on any atom is -0.444 e. The van der Waals surface area contributed by atoms with Gasteiger partial charge in [0.05, 0.1) is 0 Å². The lowest BCUT2D eigenvalue weighted by molar-refractivity contribution is 0.00551. The zero-order valence-corrected chi connectivity index (χ0v) is 12.3. The summed E-state index contributed by atoms with van der Waals surface area (Å²) in [7, 11) is 0. The van der Waals surface area contributed by atoms with Crippen LogP contribution in [0, 0.1) is 5.41 Å². The zero-order chi connectivity index (χ0) is 12.6. The molecular weight excluding hydrogens is 240 g/mol. The molecule has 1 aliphatic heterocycles. The molecule has 0 aromatic heterocycles. The van der Waals surface area contributed by atoms with Gasteiger partial charge in [0, 0.05) is 19.1 Å². The molecule has 0 aromatic carbocycles. The molecule has 0 saturated carbocycles. The second kappa shape index (κ2) is 5.44. The van der Waals surface area contributed by atoms with Crippen LogP contribution < -0.4 is 5.73 Å². The second-order valence-corrected chi connectivity index (χ2v) is 6.29. The van der Waals surface area contributed by atoms with E-state index in [1.54, 1.807) is 4.90 Å². The number of halogens is 1. The highest BCUT2D eigenvalue weighted by Gasteiger charge is 2.36. The van der Waals surface area contributed by atoms with Gasteiger partial charge in [0.15, 0.2) is 0 Å². The van der Waals surface area contributed by atoms with Crippen LogP contribution in [-0.4, -0.2) is 35.7 Å². The van der Waals surface area contributed by atoms with E-state index >= 15 is 0 Å². The number of carbonyl (C=O) groups is 1. The van der Waals surface area contributed by atoms with Crippen molar-refractivity contribution in [3.05, 3.63) is 0 Å². The second-order valence-electron chi connectivity index (χ2n) is 6.29. The highest BCUT2D eigenvalue weighted by molar-refractivity contribution is 5.85. The fourth-order valence-corrected chi connectivity index (χ4v) is 1.86. The molecule has 2 N–H and O–H groups in total. The van der Waals surface area contributed by atoms with E-state index in [1.807, 2.05) is 20.8 Å². The number of carbonyl (C=O) groups excluding carboxylic acids is 1. The standard InChI is InChI=1S/C12H24N2O2.ClH/c1-11(2,3)16-10(15)14-7-6-9(13)12(4,5)8-14;/h9H,6-8,13H2,1-5H3;1H/t9-;/m1./s1. The summed E-state index contributed by atoms with van der Waals surface area (Å²) in [4.78, 5) is 13.6. The highest BCUT2D eigenvalue weighted by atomic mass is 35.5. The Bertz CT molecular complexity index is 274. The summed E-state index contributed by atoms with van der Waals surface area (Å²) in [5.41, 5.74) is 5.56. The van der Waals surface area contributed by atoms with E-state index in [-0.39, 0.29) is 30.0 Å². The van der Waals surface area contributed by atoms with Crippen LogP contribution in [0.2, 0.25) is 0 Å². The lowest BCUT2D eigenvalue weighted by atomic mass is 9.80. The van der Waals surface area contributed by atoms with Gasteiger partial charge in [0.25, 0.3) is 0 Å². The average molecular weight is 265 g/mol. The van der Waals surface area contributed by atoms with Gasteiger partial charge in [-0.15, -0.1) is 12.4 Å². The zero-order valence-electron chi connectivity index (χ0n) is 11.4. The van der Waals surface area contributed by atoms with Crippen LogP contribution in [0.1, 0.15) is 41.0 Å². The number of hydrogen-bond acceptors (Lipinski definition) is 3. The van der Waals surface area contributed by atoms with Crippen LogP contribution in [0.25, 0.3) is 0 Å². The summed E-state index contributed by atoms with van der Waals surface area (Å²) < 4.78 is 5.35. The minimum absolute atomic E-state index is 0. The fraction of sp³-hybridized carbons (Fsp3) is 0.917. The number of nitrogens with two attached hydrogens (primary N) is 1. The van der Waals surface area contributed by atoms with Crippen LogP contribution >= 0.6 is 12.4 Å². The molecule has 4 nitrogen and oxygen atoms in total. The third-order valence-electron chi connectivity index (χ3n) is 2.96. The number of amides is 1. The predicted molar refractivity (Wildman–Crippen MR) is 71.4 cm³/mol. The number of ether oxygens (including phenoxy) is 1. The van der Waals surface area contributed by atoms with Gasteiger partial charge in [0.2, 0.25) is 0 Å². The van der Waals surface area contributed by atoms with E-state index in [1.165, 1.54) is 0 Å². The molecule has 102 valence electrons. The Labute approximate surface area is 110 Å². The molecule has 17 heavy (non-hydrogen) atoms. The molecule has 1 rings (SSSR count). The molecule has 1 amide bonds. The molecule has 1 atom stereocenters. The van der Waals surface area contributed by atoms with Gasteiger partial charge in [-0.1, -0.05) is 13.8 Å². The monoisotopic (exact) mass is 264 g/mol. The average Bonchev–Trinajstić information content (AvgIpc) is 2.06. The minimum atomic E-state index is -0.430. The van der Waals surface area contributed by atoms with Crippen molar-refractivity contribution in [2.24, 2.45) is 11.1 Å². The smallest absolute Gasteiger partial charge is 0.410 e. The van der Waals surface area contributed by atoms with Crippen molar-refractivity contribution in [3.8, 4) is 0 Å². The first-order valence-corrected chi connectivity index (χ1v) is 5.85. The lowest BCUT2D eigenvalue weighted by Gasteiger charge is -2.42. The van der Waals surface area contributed by atoms with Crippen molar-refractivity contribution < 1.29 is 9.53 Å². The van der Waals surface area contributed by atoms with Crippen LogP contribution in [-0.2, 0) is 4.74 Å². The Kier molecular flexibility index (Phi) is 5.29. The van der Waals surface area contributed by atoms with Crippen molar-refractivity contribution in [2.75, 3.05) is 13.1 Å². The Hall–Kier alpha value is -0.480. The fourth-order valence-electron chi connectivity index (χ4n) is 1.86. The van der Waals surface area contributed by atoms with Crippen molar-refractivity contribution in [3.63, 3.8) is 0 Å². The number of nitrogens with zero attached hydrogens (tertiary/aromatic N) is 1. The van der Waals surface area contributed by atoms with Crippen molar-refractivity contribution in [1.82, 2.24) is 4.90 Å². The van der Waals surface area contributed by atoms with E-state index in [9.17, 15) is 4.79 Å². The first kappa shape index (κ1) is 16.5. The molecule has 0 bridgehead atoms. The van der Waals surface area contributed by atoms with E-state index in [0.29, 0.717) is 13.1 Å². The third kappa shape index (κ3) is 4.72. The summed E-state index contributed by atoms with van der Waals surface area (Å²) in [5.74, 6) is 0. The van der Waals surface area contributed by atoms with Crippen LogP contribution in [0.15, 0.2) is 0 Å². The molecule has 0 aromatic rings. The molecule has 1 saturated heterocycles. The molecule has 0 radical (unpaired) electrons. The van der Waals surface area contributed by atoms with Crippen molar-refractivity contribution in [1.29, 1.82) is 0 Å². The molecule has 0 spiro atoms. The summed E-state index contributed by atoms with van der Waals surface area (Å²) in [6.07, 6.45) is 0.610. The van der Waals surface area contributed by atoms with E-state index in [4.69, 9.17) is 10.5 Å². The summed E-state index contributed by atoms with van der Waals surface area (Å²) in [5, 5.41) is 0. The van der Waals surface area contributed by atoms with Crippen LogP contribution in [0.3, 0.4) is 0 Å². The maximum atomic E-state index is 11.9. The normalized spacial score (nSPS) is 23.9. The van der Waals surface area contributed by atoms with Gasteiger partial charge in [-0.25, -0.2) is 4.79 Å². The number of rotatable bonds is 0. The molecule has 0 aliphatic carbocycles. The molecule has 1 aliphatic rings. The molecule has 1 fully saturated rings. The van der Waals surface area contributed by atoms with E-state index in [0.717, 1.165) is 6.42 Å². The van der Waals surface area contributed by atoms with Crippen molar-refractivity contribution in [2.45, 2.75) is 52.7 Å². The topological polar surface area (TPSA) is 55.6 Å².